The summed E-state index contributed by atoms with van der Waals surface area (Å²) >= 11 is 0. The topological polar surface area (TPSA) is 45.7 Å². The van der Waals surface area contributed by atoms with Crippen molar-refractivity contribution in [3.05, 3.63) is 89.6 Å². The summed E-state index contributed by atoms with van der Waals surface area (Å²) in [4.78, 5) is 21.5. The lowest BCUT2D eigenvalue weighted by Gasteiger charge is -2.35. The second kappa shape index (κ2) is 8.78. The Balaban J connectivity index is 1.36. The number of aryl methyl sites for hydroxylation is 1. The first kappa shape index (κ1) is 19.0. The van der Waals surface area contributed by atoms with E-state index in [9.17, 15) is 4.79 Å². The third-order valence-electron chi connectivity index (χ3n) is 5.11. The van der Waals surface area contributed by atoms with Gasteiger partial charge >= 0.3 is 0 Å². The van der Waals surface area contributed by atoms with E-state index < -0.39 is 0 Å². The van der Waals surface area contributed by atoms with Crippen molar-refractivity contribution in [1.29, 1.82) is 0 Å². The number of carbonyl (C=O) groups is 1. The molecule has 1 saturated heterocycles. The fourth-order valence-corrected chi connectivity index (χ4v) is 3.53. The summed E-state index contributed by atoms with van der Waals surface area (Å²) in [5.41, 5.74) is 2.86. The summed E-state index contributed by atoms with van der Waals surface area (Å²) in [6.45, 7) is 5.45. The maximum absolute atomic E-state index is 13.0. The van der Waals surface area contributed by atoms with Gasteiger partial charge in [-0.1, -0.05) is 30.3 Å². The standard InChI is InChI=1S/C24H25N3O2/c1-19-6-4-9-22(16-19)29-18-20-7-5-8-21(17-20)24(28)27-14-12-26(13-15-27)23-10-2-3-11-25-23/h2-11,16-17H,12-15,18H2,1H3. The van der Waals surface area contributed by atoms with Gasteiger partial charge in [0.2, 0.25) is 0 Å². The molecule has 0 aliphatic carbocycles. The van der Waals surface area contributed by atoms with Gasteiger partial charge in [0.05, 0.1) is 0 Å². The van der Waals surface area contributed by atoms with Gasteiger partial charge in [-0.05, 0) is 54.4 Å². The van der Waals surface area contributed by atoms with Gasteiger partial charge in [0.15, 0.2) is 0 Å². The highest BCUT2D eigenvalue weighted by atomic mass is 16.5. The molecule has 0 spiro atoms. The van der Waals surface area contributed by atoms with E-state index in [0.29, 0.717) is 25.3 Å². The largest absolute Gasteiger partial charge is 0.489 e. The monoisotopic (exact) mass is 387 g/mol. The minimum Gasteiger partial charge on any atom is -0.489 e. The summed E-state index contributed by atoms with van der Waals surface area (Å²) in [7, 11) is 0. The maximum Gasteiger partial charge on any atom is 0.253 e. The zero-order chi connectivity index (χ0) is 20.1. The molecule has 1 aliphatic heterocycles. The number of anilines is 1. The van der Waals surface area contributed by atoms with E-state index in [1.54, 1.807) is 6.20 Å². The molecule has 148 valence electrons. The number of ether oxygens (including phenoxy) is 1. The number of benzene rings is 2. The Morgan fingerprint density at radius 3 is 2.55 bits per heavy atom. The van der Waals surface area contributed by atoms with Crippen molar-refractivity contribution >= 4 is 11.7 Å². The van der Waals surface area contributed by atoms with Crippen LogP contribution in [-0.4, -0.2) is 42.0 Å². The van der Waals surface area contributed by atoms with Crippen molar-refractivity contribution in [1.82, 2.24) is 9.88 Å². The Bertz CT molecular complexity index is 967. The number of aromatic nitrogens is 1. The van der Waals surface area contributed by atoms with Crippen LogP contribution in [0.5, 0.6) is 5.75 Å². The SMILES string of the molecule is Cc1cccc(OCc2cccc(C(=O)N3CCN(c4ccccn4)CC3)c2)c1. The third kappa shape index (κ3) is 4.74. The van der Waals surface area contributed by atoms with Gasteiger partial charge in [0, 0.05) is 37.9 Å². The first-order valence-corrected chi connectivity index (χ1v) is 9.93. The van der Waals surface area contributed by atoms with Crippen molar-refractivity contribution in [2.24, 2.45) is 0 Å². The quantitative estimate of drug-likeness (QED) is 0.665. The predicted molar refractivity (Wildman–Crippen MR) is 114 cm³/mol. The number of piperazine rings is 1. The zero-order valence-corrected chi connectivity index (χ0v) is 16.6. The molecule has 0 bridgehead atoms. The number of nitrogens with zero attached hydrogens (tertiary/aromatic N) is 3. The second-order valence-electron chi connectivity index (χ2n) is 7.27. The van der Waals surface area contributed by atoms with Gasteiger partial charge in [-0.15, -0.1) is 0 Å². The highest BCUT2D eigenvalue weighted by molar-refractivity contribution is 5.94. The molecule has 29 heavy (non-hydrogen) atoms. The maximum atomic E-state index is 13.0. The zero-order valence-electron chi connectivity index (χ0n) is 16.6. The Morgan fingerprint density at radius 2 is 1.79 bits per heavy atom. The van der Waals surface area contributed by atoms with E-state index in [1.807, 2.05) is 78.6 Å². The number of hydrogen-bond donors (Lipinski definition) is 0. The number of rotatable bonds is 5. The Labute approximate surface area is 171 Å². The van der Waals surface area contributed by atoms with E-state index in [0.717, 1.165) is 35.8 Å². The normalized spacial score (nSPS) is 14.0. The van der Waals surface area contributed by atoms with Crippen LogP contribution in [0, 0.1) is 6.92 Å². The molecule has 0 unspecified atom stereocenters. The third-order valence-corrected chi connectivity index (χ3v) is 5.11. The van der Waals surface area contributed by atoms with E-state index in [-0.39, 0.29) is 5.91 Å². The molecule has 1 amide bonds. The van der Waals surface area contributed by atoms with Crippen LogP contribution in [0.3, 0.4) is 0 Å². The van der Waals surface area contributed by atoms with Gasteiger partial charge in [-0.2, -0.15) is 0 Å². The second-order valence-corrected chi connectivity index (χ2v) is 7.27. The lowest BCUT2D eigenvalue weighted by molar-refractivity contribution is 0.0746. The van der Waals surface area contributed by atoms with Crippen LogP contribution in [0.2, 0.25) is 0 Å². The number of carbonyl (C=O) groups excluding carboxylic acids is 1. The van der Waals surface area contributed by atoms with Gasteiger partial charge < -0.3 is 14.5 Å². The molecule has 1 aliphatic rings. The van der Waals surface area contributed by atoms with Gasteiger partial charge in [-0.3, -0.25) is 4.79 Å². The molecule has 5 nitrogen and oxygen atoms in total. The Kier molecular flexibility index (Phi) is 5.75. The van der Waals surface area contributed by atoms with E-state index in [4.69, 9.17) is 4.74 Å². The summed E-state index contributed by atoms with van der Waals surface area (Å²) in [5.74, 6) is 1.88. The van der Waals surface area contributed by atoms with Gasteiger partial charge in [-0.25, -0.2) is 4.98 Å². The van der Waals surface area contributed by atoms with Crippen LogP contribution in [-0.2, 0) is 6.61 Å². The van der Waals surface area contributed by atoms with Crippen LogP contribution < -0.4 is 9.64 Å². The predicted octanol–water partition coefficient (Wildman–Crippen LogP) is 3.93. The minimum absolute atomic E-state index is 0.0723. The average Bonchev–Trinajstić information content (AvgIpc) is 2.78. The summed E-state index contributed by atoms with van der Waals surface area (Å²) < 4.78 is 5.88. The smallest absolute Gasteiger partial charge is 0.253 e. The Morgan fingerprint density at radius 1 is 0.966 bits per heavy atom. The van der Waals surface area contributed by atoms with E-state index in [1.165, 1.54) is 0 Å². The van der Waals surface area contributed by atoms with Crippen LogP contribution in [0.15, 0.2) is 72.9 Å². The molecule has 2 aromatic carbocycles. The van der Waals surface area contributed by atoms with Crippen LogP contribution in [0.4, 0.5) is 5.82 Å². The molecule has 0 radical (unpaired) electrons. The molecular formula is C24H25N3O2. The highest BCUT2D eigenvalue weighted by Gasteiger charge is 2.22. The van der Waals surface area contributed by atoms with Crippen LogP contribution in [0.25, 0.3) is 0 Å². The van der Waals surface area contributed by atoms with Gasteiger partial charge in [0.25, 0.3) is 5.91 Å². The summed E-state index contributed by atoms with van der Waals surface area (Å²) in [6.07, 6.45) is 1.80. The summed E-state index contributed by atoms with van der Waals surface area (Å²) in [6, 6.07) is 21.6. The van der Waals surface area contributed by atoms with Crippen molar-refractivity contribution in [2.45, 2.75) is 13.5 Å². The van der Waals surface area contributed by atoms with Gasteiger partial charge in [0.1, 0.15) is 18.2 Å². The van der Waals surface area contributed by atoms with Crippen LogP contribution >= 0.6 is 0 Å². The number of amides is 1. The molecule has 0 N–H and O–H groups in total. The average molecular weight is 387 g/mol. The minimum atomic E-state index is 0.0723. The number of hydrogen-bond acceptors (Lipinski definition) is 4. The molecule has 5 heteroatoms. The lowest BCUT2D eigenvalue weighted by atomic mass is 10.1. The molecule has 0 atom stereocenters. The Hall–Kier alpha value is -3.34. The van der Waals surface area contributed by atoms with E-state index in [2.05, 4.69) is 9.88 Å². The molecule has 1 aromatic heterocycles. The molecule has 3 aromatic rings. The fourth-order valence-electron chi connectivity index (χ4n) is 3.53. The first-order chi connectivity index (χ1) is 14.2. The number of pyridine rings is 1. The molecular weight excluding hydrogens is 362 g/mol. The van der Waals surface area contributed by atoms with Crippen molar-refractivity contribution in [3.8, 4) is 5.75 Å². The van der Waals surface area contributed by atoms with Crippen molar-refractivity contribution < 1.29 is 9.53 Å². The van der Waals surface area contributed by atoms with Crippen molar-refractivity contribution in [3.63, 3.8) is 0 Å². The highest BCUT2D eigenvalue weighted by Crippen LogP contribution is 2.17. The fraction of sp³-hybridized carbons (Fsp3) is 0.250. The first-order valence-electron chi connectivity index (χ1n) is 9.93. The molecule has 2 heterocycles. The van der Waals surface area contributed by atoms with Crippen LogP contribution in [0.1, 0.15) is 21.5 Å². The van der Waals surface area contributed by atoms with E-state index >= 15 is 0 Å². The lowest BCUT2D eigenvalue weighted by Crippen LogP contribution is -2.49. The molecule has 0 saturated carbocycles. The molecule has 1 fully saturated rings. The molecule has 4 rings (SSSR count). The summed E-state index contributed by atoms with van der Waals surface area (Å²) in [5, 5.41) is 0. The van der Waals surface area contributed by atoms with Crippen molar-refractivity contribution in [2.75, 3.05) is 31.1 Å².